The van der Waals surface area contributed by atoms with Gasteiger partial charge in [0.15, 0.2) is 0 Å². The minimum Gasteiger partial charge on any atom is -0.284 e. The number of hydrogen-bond donors (Lipinski definition) is 0. The van der Waals surface area contributed by atoms with Gasteiger partial charge in [-0.15, -0.1) is 5.10 Å². The van der Waals surface area contributed by atoms with Crippen molar-refractivity contribution < 1.29 is 0 Å². The molecule has 0 spiro atoms. The van der Waals surface area contributed by atoms with E-state index in [0.717, 1.165) is 0 Å². The average molecular weight is 378 g/mol. The number of hydrogen-bond acceptors (Lipinski definition) is 5. The van der Waals surface area contributed by atoms with Crippen LogP contribution in [0.25, 0.3) is 22.4 Å². The molecule has 1 aromatic carbocycles. The normalized spacial score (nSPS) is 11.5. The first kappa shape index (κ1) is 15.4. The summed E-state index contributed by atoms with van der Waals surface area (Å²) < 4.78 is 3.04. The number of aromatic nitrogens is 5. The topological polar surface area (TPSA) is 65.1 Å². The standard InChI is InChI=1S/C15H9Cl2N5OS/c1-24-15-19-14-18-7-11-12(22(14)20-15)2-3-21(13(11)23)10-5-8(16)4-9(17)6-10/h2-7H,1H3. The molecular weight excluding hydrogens is 369 g/mol. The van der Waals surface area contributed by atoms with E-state index in [1.807, 2.05) is 6.26 Å². The van der Waals surface area contributed by atoms with Crippen molar-refractivity contribution >= 4 is 51.6 Å². The summed E-state index contributed by atoms with van der Waals surface area (Å²) in [6.07, 6.45) is 5.05. The van der Waals surface area contributed by atoms with Gasteiger partial charge in [-0.05, 0) is 30.5 Å². The van der Waals surface area contributed by atoms with Gasteiger partial charge in [0, 0.05) is 22.4 Å². The van der Waals surface area contributed by atoms with Gasteiger partial charge in [0.05, 0.1) is 16.6 Å². The predicted molar refractivity (Wildman–Crippen MR) is 95.7 cm³/mol. The van der Waals surface area contributed by atoms with Gasteiger partial charge in [0.2, 0.25) is 5.16 Å². The lowest BCUT2D eigenvalue weighted by Gasteiger charge is -2.08. The summed E-state index contributed by atoms with van der Waals surface area (Å²) in [5.74, 6) is 0.454. The smallest absolute Gasteiger partial charge is 0.266 e. The predicted octanol–water partition coefficient (Wildman–Crippen LogP) is 3.46. The first-order valence-corrected chi connectivity index (χ1v) is 8.82. The molecule has 3 heterocycles. The van der Waals surface area contributed by atoms with E-state index in [1.54, 1.807) is 35.0 Å². The van der Waals surface area contributed by atoms with Crippen LogP contribution in [0.15, 0.2) is 46.6 Å². The van der Waals surface area contributed by atoms with Gasteiger partial charge in [-0.3, -0.25) is 9.36 Å². The Morgan fingerprint density at radius 2 is 1.92 bits per heavy atom. The second-order valence-corrected chi connectivity index (χ2v) is 6.63. The average Bonchev–Trinajstić information content (AvgIpc) is 2.98. The van der Waals surface area contributed by atoms with E-state index in [2.05, 4.69) is 15.1 Å². The Morgan fingerprint density at radius 3 is 2.62 bits per heavy atom. The molecule has 9 heteroatoms. The number of pyridine rings is 1. The van der Waals surface area contributed by atoms with Crippen LogP contribution in [0.1, 0.15) is 0 Å². The Balaban J connectivity index is 2.01. The fourth-order valence-electron chi connectivity index (χ4n) is 2.47. The van der Waals surface area contributed by atoms with Crippen molar-refractivity contribution in [3.63, 3.8) is 0 Å². The van der Waals surface area contributed by atoms with E-state index in [-0.39, 0.29) is 5.56 Å². The molecule has 120 valence electrons. The highest BCUT2D eigenvalue weighted by Crippen LogP contribution is 2.22. The van der Waals surface area contributed by atoms with Crippen LogP contribution in [-0.2, 0) is 0 Å². The fourth-order valence-corrected chi connectivity index (χ4v) is 3.32. The summed E-state index contributed by atoms with van der Waals surface area (Å²) in [5.41, 5.74) is 0.992. The largest absolute Gasteiger partial charge is 0.284 e. The van der Waals surface area contributed by atoms with E-state index in [4.69, 9.17) is 23.2 Å². The molecule has 0 radical (unpaired) electrons. The lowest BCUT2D eigenvalue weighted by molar-refractivity contribution is 0.904. The molecule has 24 heavy (non-hydrogen) atoms. The molecule has 3 aromatic heterocycles. The third-order valence-corrected chi connectivity index (χ3v) is 4.50. The summed E-state index contributed by atoms with van der Waals surface area (Å²) in [7, 11) is 0. The Kier molecular flexibility index (Phi) is 3.71. The van der Waals surface area contributed by atoms with E-state index < -0.39 is 0 Å². The molecule has 0 saturated carbocycles. The second kappa shape index (κ2) is 5.77. The molecular formula is C15H9Cl2N5OS. The molecule has 4 rings (SSSR count). The van der Waals surface area contributed by atoms with Gasteiger partial charge in [-0.2, -0.15) is 9.50 Å². The molecule has 4 aromatic rings. The molecule has 6 nitrogen and oxygen atoms in total. The molecule has 0 atom stereocenters. The third kappa shape index (κ3) is 2.45. The maximum absolute atomic E-state index is 12.8. The van der Waals surface area contributed by atoms with Crippen LogP contribution in [0, 0.1) is 0 Å². The molecule has 0 amide bonds. The lowest BCUT2D eigenvalue weighted by atomic mass is 10.2. The van der Waals surface area contributed by atoms with Crippen molar-refractivity contribution in [1.29, 1.82) is 0 Å². The molecule has 0 aliphatic carbocycles. The molecule has 0 bridgehead atoms. The highest BCUT2D eigenvalue weighted by molar-refractivity contribution is 7.98. The van der Waals surface area contributed by atoms with Crippen LogP contribution in [0.3, 0.4) is 0 Å². The van der Waals surface area contributed by atoms with Crippen LogP contribution in [0.4, 0.5) is 0 Å². The third-order valence-electron chi connectivity index (χ3n) is 3.52. The number of nitrogens with zero attached hydrogens (tertiary/aromatic N) is 5. The monoisotopic (exact) mass is 377 g/mol. The van der Waals surface area contributed by atoms with Gasteiger partial charge in [-0.25, -0.2) is 4.98 Å². The van der Waals surface area contributed by atoms with Crippen molar-refractivity contribution in [2.24, 2.45) is 0 Å². The highest BCUT2D eigenvalue weighted by atomic mass is 35.5. The maximum Gasteiger partial charge on any atom is 0.266 e. The van der Waals surface area contributed by atoms with Crippen LogP contribution in [0.2, 0.25) is 10.0 Å². The molecule has 0 fully saturated rings. The van der Waals surface area contributed by atoms with Crippen molar-refractivity contribution in [1.82, 2.24) is 24.1 Å². The van der Waals surface area contributed by atoms with Crippen molar-refractivity contribution in [2.45, 2.75) is 5.16 Å². The van der Waals surface area contributed by atoms with Gasteiger partial charge < -0.3 is 0 Å². The van der Waals surface area contributed by atoms with E-state index in [1.165, 1.54) is 22.5 Å². The fraction of sp³-hybridized carbons (Fsp3) is 0.0667. The summed E-state index contributed by atoms with van der Waals surface area (Å²) in [5, 5.41) is 6.29. The molecule has 0 unspecified atom stereocenters. The summed E-state index contributed by atoms with van der Waals surface area (Å²) in [6, 6.07) is 6.75. The zero-order valence-corrected chi connectivity index (χ0v) is 14.6. The quantitative estimate of drug-likeness (QED) is 0.500. The molecule has 0 saturated heterocycles. The first-order chi connectivity index (χ1) is 11.6. The second-order valence-electron chi connectivity index (χ2n) is 4.99. The van der Waals surface area contributed by atoms with Crippen molar-refractivity contribution in [3.05, 3.63) is 57.1 Å². The summed E-state index contributed by atoms with van der Waals surface area (Å²) in [6.45, 7) is 0. The molecule has 0 aliphatic rings. The number of fused-ring (bicyclic) bond motifs is 3. The van der Waals surface area contributed by atoms with Gasteiger partial charge >= 0.3 is 0 Å². The van der Waals surface area contributed by atoms with E-state index in [9.17, 15) is 4.79 Å². The summed E-state index contributed by atoms with van der Waals surface area (Å²) >= 11 is 13.5. The number of halogens is 2. The van der Waals surface area contributed by atoms with Crippen LogP contribution >= 0.6 is 35.0 Å². The van der Waals surface area contributed by atoms with Gasteiger partial charge in [-0.1, -0.05) is 35.0 Å². The van der Waals surface area contributed by atoms with Gasteiger partial charge in [0.1, 0.15) is 0 Å². The Hall–Kier alpha value is -2.09. The van der Waals surface area contributed by atoms with Crippen molar-refractivity contribution in [3.8, 4) is 5.69 Å². The molecule has 0 N–H and O–H groups in total. The van der Waals surface area contributed by atoms with E-state index >= 15 is 0 Å². The van der Waals surface area contributed by atoms with E-state index in [0.29, 0.717) is 37.6 Å². The first-order valence-electron chi connectivity index (χ1n) is 6.84. The number of rotatable bonds is 2. The van der Waals surface area contributed by atoms with Crippen LogP contribution in [0.5, 0.6) is 0 Å². The zero-order chi connectivity index (χ0) is 16.8. The Morgan fingerprint density at radius 1 is 1.17 bits per heavy atom. The highest BCUT2D eigenvalue weighted by Gasteiger charge is 2.12. The lowest BCUT2D eigenvalue weighted by Crippen LogP contribution is -2.18. The summed E-state index contributed by atoms with van der Waals surface area (Å²) in [4.78, 5) is 21.3. The van der Waals surface area contributed by atoms with Crippen LogP contribution in [-0.4, -0.2) is 30.4 Å². The van der Waals surface area contributed by atoms with Gasteiger partial charge in [0.25, 0.3) is 11.3 Å². The number of thioether (sulfide) groups is 1. The SMILES string of the molecule is CSc1nc2ncc3c(=O)n(-c4cc(Cl)cc(Cl)c4)ccc3n2n1. The maximum atomic E-state index is 12.8. The Labute approximate surface area is 150 Å². The number of benzene rings is 1. The zero-order valence-electron chi connectivity index (χ0n) is 12.3. The van der Waals surface area contributed by atoms with Crippen molar-refractivity contribution in [2.75, 3.05) is 6.26 Å². The molecule has 0 aliphatic heterocycles. The van der Waals surface area contributed by atoms with Crippen LogP contribution < -0.4 is 5.56 Å². The Bertz CT molecular complexity index is 1130. The minimum absolute atomic E-state index is 0.235. The minimum atomic E-state index is -0.235.